The maximum absolute atomic E-state index is 11.3. The van der Waals surface area contributed by atoms with E-state index in [1.165, 1.54) is 11.5 Å². The highest BCUT2D eigenvalue weighted by molar-refractivity contribution is 7.13. The van der Waals surface area contributed by atoms with Gasteiger partial charge in [-0.25, -0.2) is 4.79 Å². The van der Waals surface area contributed by atoms with Crippen molar-refractivity contribution in [2.24, 2.45) is 0 Å². The summed E-state index contributed by atoms with van der Waals surface area (Å²) in [6.07, 6.45) is 2.73. The van der Waals surface area contributed by atoms with Crippen molar-refractivity contribution in [2.45, 2.75) is 25.3 Å². The van der Waals surface area contributed by atoms with Crippen LogP contribution in [0.4, 0.5) is 5.82 Å². The van der Waals surface area contributed by atoms with E-state index in [-0.39, 0.29) is 0 Å². The summed E-state index contributed by atoms with van der Waals surface area (Å²) in [6, 6.07) is 7.57. The van der Waals surface area contributed by atoms with Crippen molar-refractivity contribution in [3.63, 3.8) is 0 Å². The Bertz CT molecular complexity index is 581. The lowest BCUT2D eigenvalue weighted by atomic mass is 10.0. The standard InChI is InChI=1S/C13H14N2O2S/c16-13(17)10-6-3-4-8-15(10)12-9-5-1-2-7-11(9)18-14-12/h1-2,5,7,10H,3-4,6,8H2,(H,16,17)/t10-/m0/s1. The van der Waals surface area contributed by atoms with Crippen molar-refractivity contribution in [1.82, 2.24) is 4.37 Å². The minimum absolute atomic E-state index is 0.427. The molecule has 2 aromatic rings. The fraction of sp³-hybridized carbons (Fsp3) is 0.385. The van der Waals surface area contributed by atoms with E-state index in [0.717, 1.165) is 35.3 Å². The molecule has 1 aliphatic rings. The highest BCUT2D eigenvalue weighted by Crippen LogP contribution is 2.33. The third kappa shape index (κ3) is 1.84. The van der Waals surface area contributed by atoms with Gasteiger partial charge in [-0.3, -0.25) is 0 Å². The quantitative estimate of drug-likeness (QED) is 0.904. The van der Waals surface area contributed by atoms with Gasteiger partial charge < -0.3 is 10.0 Å². The average Bonchev–Trinajstić information content (AvgIpc) is 2.82. The van der Waals surface area contributed by atoms with E-state index >= 15 is 0 Å². The van der Waals surface area contributed by atoms with Crippen molar-refractivity contribution in [2.75, 3.05) is 11.4 Å². The minimum atomic E-state index is -0.744. The van der Waals surface area contributed by atoms with E-state index in [4.69, 9.17) is 0 Å². The summed E-state index contributed by atoms with van der Waals surface area (Å²) in [7, 11) is 0. The van der Waals surface area contributed by atoms with Gasteiger partial charge in [0.1, 0.15) is 6.04 Å². The maximum atomic E-state index is 11.3. The molecule has 94 valence electrons. The van der Waals surface area contributed by atoms with Gasteiger partial charge in [-0.1, -0.05) is 12.1 Å². The molecule has 0 saturated carbocycles. The Morgan fingerprint density at radius 1 is 1.39 bits per heavy atom. The molecule has 1 aromatic carbocycles. The van der Waals surface area contributed by atoms with E-state index in [9.17, 15) is 9.90 Å². The predicted molar refractivity (Wildman–Crippen MR) is 72.2 cm³/mol. The Morgan fingerprint density at radius 3 is 3.06 bits per heavy atom. The summed E-state index contributed by atoms with van der Waals surface area (Å²) in [4.78, 5) is 13.3. The van der Waals surface area contributed by atoms with Crippen LogP contribution >= 0.6 is 11.5 Å². The largest absolute Gasteiger partial charge is 0.480 e. The molecule has 1 atom stereocenters. The first-order valence-corrected chi connectivity index (χ1v) is 6.88. The monoisotopic (exact) mass is 262 g/mol. The SMILES string of the molecule is O=C(O)[C@@H]1CCCCN1c1nsc2ccccc12. The molecule has 1 N–H and O–H groups in total. The van der Waals surface area contributed by atoms with E-state index in [2.05, 4.69) is 4.37 Å². The molecule has 1 aromatic heterocycles. The number of anilines is 1. The van der Waals surface area contributed by atoms with Crippen LogP contribution in [0.5, 0.6) is 0 Å². The van der Waals surface area contributed by atoms with E-state index in [0.29, 0.717) is 6.42 Å². The van der Waals surface area contributed by atoms with Crippen molar-refractivity contribution in [3.05, 3.63) is 24.3 Å². The van der Waals surface area contributed by atoms with Gasteiger partial charge in [0, 0.05) is 11.9 Å². The lowest BCUT2D eigenvalue weighted by Gasteiger charge is -2.33. The highest BCUT2D eigenvalue weighted by Gasteiger charge is 2.30. The Hall–Kier alpha value is -1.62. The highest BCUT2D eigenvalue weighted by atomic mass is 32.1. The molecule has 0 radical (unpaired) electrons. The van der Waals surface area contributed by atoms with Crippen molar-refractivity contribution < 1.29 is 9.90 Å². The Labute approximate surface area is 109 Å². The third-order valence-electron chi connectivity index (χ3n) is 3.42. The molecule has 4 nitrogen and oxygen atoms in total. The zero-order chi connectivity index (χ0) is 12.5. The average molecular weight is 262 g/mol. The Balaban J connectivity index is 2.04. The first kappa shape index (κ1) is 11.5. The molecule has 3 rings (SSSR count). The fourth-order valence-corrected chi connectivity index (χ4v) is 3.31. The number of hydrogen-bond donors (Lipinski definition) is 1. The van der Waals surface area contributed by atoms with Gasteiger partial charge >= 0.3 is 5.97 Å². The van der Waals surface area contributed by atoms with Crippen LogP contribution in [0.3, 0.4) is 0 Å². The van der Waals surface area contributed by atoms with Crippen LogP contribution < -0.4 is 4.90 Å². The number of rotatable bonds is 2. The first-order chi connectivity index (χ1) is 8.77. The topological polar surface area (TPSA) is 53.4 Å². The number of benzene rings is 1. The van der Waals surface area contributed by atoms with Gasteiger partial charge in [-0.2, -0.15) is 4.37 Å². The number of aliphatic carboxylic acids is 1. The van der Waals surface area contributed by atoms with Gasteiger partial charge in [0.15, 0.2) is 5.82 Å². The summed E-state index contributed by atoms with van der Waals surface area (Å²) in [5.74, 6) is 0.0921. The van der Waals surface area contributed by atoms with Gasteiger partial charge in [0.2, 0.25) is 0 Å². The molecule has 0 unspecified atom stereocenters. The number of carbonyl (C=O) groups is 1. The normalized spacial score (nSPS) is 20.2. The second-order valence-electron chi connectivity index (χ2n) is 4.55. The molecule has 2 heterocycles. The lowest BCUT2D eigenvalue weighted by Crippen LogP contribution is -2.45. The van der Waals surface area contributed by atoms with Crippen LogP contribution in [0, 0.1) is 0 Å². The maximum Gasteiger partial charge on any atom is 0.326 e. The lowest BCUT2D eigenvalue weighted by molar-refractivity contribution is -0.139. The molecule has 18 heavy (non-hydrogen) atoms. The number of piperidine rings is 1. The van der Waals surface area contributed by atoms with Gasteiger partial charge in [-0.15, -0.1) is 0 Å². The van der Waals surface area contributed by atoms with E-state index < -0.39 is 12.0 Å². The number of nitrogens with zero attached hydrogens (tertiary/aromatic N) is 2. The molecular weight excluding hydrogens is 248 g/mol. The van der Waals surface area contributed by atoms with Crippen LogP contribution in [-0.4, -0.2) is 28.0 Å². The minimum Gasteiger partial charge on any atom is -0.480 e. The number of hydrogen-bond acceptors (Lipinski definition) is 4. The van der Waals surface area contributed by atoms with Crippen LogP contribution in [0.2, 0.25) is 0 Å². The summed E-state index contributed by atoms with van der Waals surface area (Å²) in [5.41, 5.74) is 0. The molecule has 0 aliphatic carbocycles. The van der Waals surface area contributed by atoms with Crippen LogP contribution in [0.15, 0.2) is 24.3 Å². The van der Waals surface area contributed by atoms with Crippen molar-refractivity contribution in [1.29, 1.82) is 0 Å². The number of carboxylic acids is 1. The summed E-state index contributed by atoms with van der Waals surface area (Å²) < 4.78 is 5.57. The summed E-state index contributed by atoms with van der Waals surface area (Å²) in [5, 5.41) is 10.4. The van der Waals surface area contributed by atoms with Gasteiger partial charge in [-0.05, 0) is 42.9 Å². The molecule has 1 aliphatic heterocycles. The van der Waals surface area contributed by atoms with E-state index in [1.54, 1.807) is 0 Å². The van der Waals surface area contributed by atoms with Crippen LogP contribution in [-0.2, 0) is 4.79 Å². The summed E-state index contributed by atoms with van der Waals surface area (Å²) >= 11 is 1.44. The van der Waals surface area contributed by atoms with Crippen molar-refractivity contribution in [3.8, 4) is 0 Å². The predicted octanol–water partition coefficient (Wildman–Crippen LogP) is 2.74. The molecular formula is C13H14N2O2S. The van der Waals surface area contributed by atoms with E-state index in [1.807, 2.05) is 29.2 Å². The molecule has 0 spiro atoms. The summed E-state index contributed by atoms with van der Waals surface area (Å²) in [6.45, 7) is 0.782. The molecule has 0 amide bonds. The smallest absolute Gasteiger partial charge is 0.326 e. The number of fused-ring (bicyclic) bond motifs is 1. The second kappa shape index (κ2) is 4.57. The molecule has 0 bridgehead atoms. The third-order valence-corrected chi connectivity index (χ3v) is 4.24. The zero-order valence-corrected chi connectivity index (χ0v) is 10.7. The van der Waals surface area contributed by atoms with Crippen LogP contribution in [0.25, 0.3) is 10.1 Å². The van der Waals surface area contributed by atoms with Gasteiger partial charge in [0.25, 0.3) is 0 Å². The number of aromatic nitrogens is 1. The molecule has 1 fully saturated rings. The molecule has 1 saturated heterocycles. The second-order valence-corrected chi connectivity index (χ2v) is 5.35. The van der Waals surface area contributed by atoms with Gasteiger partial charge in [0.05, 0.1) is 4.70 Å². The Morgan fingerprint density at radius 2 is 2.22 bits per heavy atom. The zero-order valence-electron chi connectivity index (χ0n) is 9.87. The van der Waals surface area contributed by atoms with Crippen molar-refractivity contribution >= 4 is 33.4 Å². The number of carboxylic acid groups (broad SMARTS) is 1. The van der Waals surface area contributed by atoms with Crippen LogP contribution in [0.1, 0.15) is 19.3 Å². The first-order valence-electron chi connectivity index (χ1n) is 6.11. The fourth-order valence-electron chi connectivity index (χ4n) is 2.52. The Kier molecular flexibility index (Phi) is 2.91. The molecule has 5 heteroatoms.